The van der Waals surface area contributed by atoms with Crippen LogP contribution in [-0.2, 0) is 17.8 Å². The fourth-order valence-corrected chi connectivity index (χ4v) is 3.24. The number of hydrogen-bond acceptors (Lipinski definition) is 2. The van der Waals surface area contributed by atoms with Gasteiger partial charge in [0.15, 0.2) is 0 Å². The number of nitrogens with one attached hydrogen (secondary N) is 1. The first-order chi connectivity index (χ1) is 10.7. The van der Waals surface area contributed by atoms with Gasteiger partial charge in [-0.3, -0.25) is 4.79 Å². The Morgan fingerprint density at radius 3 is 2.65 bits per heavy atom. The van der Waals surface area contributed by atoms with Crippen LogP contribution in [0.15, 0.2) is 48.5 Å². The molecule has 1 N–H and O–H groups in total. The lowest BCUT2D eigenvalue weighted by atomic mass is 9.90. The predicted octanol–water partition coefficient (Wildman–Crippen LogP) is 3.61. The summed E-state index contributed by atoms with van der Waals surface area (Å²) in [6, 6.07) is 16.3. The van der Waals surface area contributed by atoms with Crippen LogP contribution >= 0.6 is 24.0 Å². The molecule has 23 heavy (non-hydrogen) atoms. The zero-order valence-corrected chi connectivity index (χ0v) is 14.5. The molecule has 1 heterocycles. The fourth-order valence-electron chi connectivity index (χ4n) is 3.04. The molecule has 0 fully saturated rings. The van der Waals surface area contributed by atoms with Crippen LogP contribution in [0.1, 0.15) is 22.7 Å². The van der Waals surface area contributed by atoms with Gasteiger partial charge in [0.1, 0.15) is 0 Å². The van der Waals surface area contributed by atoms with Gasteiger partial charge in [-0.15, -0.1) is 12.4 Å². The molecule has 2 aromatic rings. The highest BCUT2D eigenvalue weighted by atomic mass is 35.5. The van der Waals surface area contributed by atoms with Gasteiger partial charge in [-0.25, -0.2) is 0 Å². The monoisotopic (exact) mass is 350 g/mol. The molecule has 1 amide bonds. The number of carbonyl (C=O) groups excluding carboxylic acids is 1. The Kier molecular flexibility index (Phi) is 6.05. The second-order valence-electron chi connectivity index (χ2n) is 5.60. The van der Waals surface area contributed by atoms with Gasteiger partial charge in [0.25, 0.3) is 0 Å². The number of amides is 1. The molecule has 0 bridgehead atoms. The SMILES string of the molecule is CNCC(=O)N1Cc2cc(Cl)ccc2CC1c1ccccc1.Cl. The van der Waals surface area contributed by atoms with E-state index in [4.69, 9.17) is 11.6 Å². The maximum atomic E-state index is 12.5. The van der Waals surface area contributed by atoms with E-state index in [1.165, 1.54) is 11.1 Å². The first-order valence-electron chi connectivity index (χ1n) is 7.45. The van der Waals surface area contributed by atoms with Crippen LogP contribution in [0.4, 0.5) is 0 Å². The molecule has 0 saturated carbocycles. The number of fused-ring (bicyclic) bond motifs is 1. The maximum absolute atomic E-state index is 12.5. The minimum atomic E-state index is 0. The van der Waals surface area contributed by atoms with Crippen molar-refractivity contribution in [3.05, 3.63) is 70.2 Å². The lowest BCUT2D eigenvalue weighted by Crippen LogP contribution is -2.42. The molecular weight excluding hydrogens is 331 g/mol. The van der Waals surface area contributed by atoms with Crippen LogP contribution in [0.3, 0.4) is 0 Å². The summed E-state index contributed by atoms with van der Waals surface area (Å²) in [5, 5.41) is 3.68. The second kappa shape index (κ2) is 7.82. The number of carbonyl (C=O) groups is 1. The quantitative estimate of drug-likeness (QED) is 0.916. The Morgan fingerprint density at radius 2 is 1.96 bits per heavy atom. The fraction of sp³-hybridized carbons (Fsp3) is 0.278. The molecule has 1 aliphatic rings. The van der Waals surface area contributed by atoms with Crippen molar-refractivity contribution in [1.29, 1.82) is 0 Å². The molecule has 0 aromatic heterocycles. The first-order valence-corrected chi connectivity index (χ1v) is 7.83. The smallest absolute Gasteiger partial charge is 0.237 e. The first kappa shape index (κ1) is 17.8. The molecule has 0 aliphatic carbocycles. The molecule has 0 spiro atoms. The lowest BCUT2D eigenvalue weighted by molar-refractivity contribution is -0.133. The summed E-state index contributed by atoms with van der Waals surface area (Å²) in [5.41, 5.74) is 3.59. The van der Waals surface area contributed by atoms with Gasteiger partial charge < -0.3 is 10.2 Å². The topological polar surface area (TPSA) is 32.3 Å². The van der Waals surface area contributed by atoms with E-state index in [9.17, 15) is 4.79 Å². The van der Waals surface area contributed by atoms with Crippen molar-refractivity contribution in [2.75, 3.05) is 13.6 Å². The van der Waals surface area contributed by atoms with Gasteiger partial charge in [-0.1, -0.05) is 48.0 Å². The van der Waals surface area contributed by atoms with Crippen LogP contribution in [0.25, 0.3) is 0 Å². The third kappa shape index (κ3) is 3.86. The van der Waals surface area contributed by atoms with Crippen molar-refractivity contribution >= 4 is 29.9 Å². The number of benzene rings is 2. The third-order valence-corrected chi connectivity index (χ3v) is 4.37. The molecule has 0 radical (unpaired) electrons. The van der Waals surface area contributed by atoms with E-state index >= 15 is 0 Å². The Bertz CT molecular complexity index is 676. The van der Waals surface area contributed by atoms with E-state index in [0.717, 1.165) is 17.0 Å². The van der Waals surface area contributed by atoms with Crippen molar-refractivity contribution in [2.45, 2.75) is 19.0 Å². The summed E-state index contributed by atoms with van der Waals surface area (Å²) in [5.74, 6) is 0.113. The molecule has 1 atom stereocenters. The Labute approximate surface area is 148 Å². The van der Waals surface area contributed by atoms with Crippen molar-refractivity contribution in [1.82, 2.24) is 10.2 Å². The zero-order valence-electron chi connectivity index (χ0n) is 13.0. The normalized spacial score (nSPS) is 16.4. The van der Waals surface area contributed by atoms with E-state index in [1.54, 1.807) is 7.05 Å². The van der Waals surface area contributed by atoms with Crippen LogP contribution in [0.2, 0.25) is 5.02 Å². The van der Waals surface area contributed by atoms with E-state index in [-0.39, 0.29) is 24.4 Å². The lowest BCUT2D eigenvalue weighted by Gasteiger charge is -2.37. The highest BCUT2D eigenvalue weighted by Gasteiger charge is 2.30. The van der Waals surface area contributed by atoms with E-state index in [0.29, 0.717) is 13.1 Å². The molecule has 2 aromatic carbocycles. The molecule has 0 saturated heterocycles. The summed E-state index contributed by atoms with van der Waals surface area (Å²) < 4.78 is 0. The van der Waals surface area contributed by atoms with E-state index in [1.807, 2.05) is 35.2 Å². The van der Waals surface area contributed by atoms with Gasteiger partial charge in [0.05, 0.1) is 12.6 Å². The average molecular weight is 351 g/mol. The molecular formula is C18H20Cl2N2O. The van der Waals surface area contributed by atoms with Gasteiger partial charge in [-0.2, -0.15) is 0 Å². The largest absolute Gasteiger partial charge is 0.330 e. The van der Waals surface area contributed by atoms with Gasteiger partial charge in [0.2, 0.25) is 5.91 Å². The van der Waals surface area contributed by atoms with Crippen LogP contribution < -0.4 is 5.32 Å². The number of likely N-dealkylation sites (N-methyl/N-ethyl adjacent to an activating group) is 1. The highest BCUT2D eigenvalue weighted by molar-refractivity contribution is 6.30. The molecule has 122 valence electrons. The van der Waals surface area contributed by atoms with E-state index in [2.05, 4.69) is 23.5 Å². The van der Waals surface area contributed by atoms with Crippen molar-refractivity contribution < 1.29 is 4.79 Å². The minimum Gasteiger partial charge on any atom is -0.330 e. The Morgan fingerprint density at radius 1 is 1.22 bits per heavy atom. The molecule has 3 nitrogen and oxygen atoms in total. The van der Waals surface area contributed by atoms with Gasteiger partial charge in [-0.05, 0) is 42.3 Å². The zero-order chi connectivity index (χ0) is 15.5. The summed E-state index contributed by atoms with van der Waals surface area (Å²) in [4.78, 5) is 14.5. The predicted molar refractivity (Wildman–Crippen MR) is 96.1 cm³/mol. The average Bonchev–Trinajstić information content (AvgIpc) is 2.54. The number of rotatable bonds is 3. The molecule has 1 aliphatic heterocycles. The maximum Gasteiger partial charge on any atom is 0.237 e. The molecule has 1 unspecified atom stereocenters. The van der Waals surface area contributed by atoms with Crippen molar-refractivity contribution in [3.63, 3.8) is 0 Å². The van der Waals surface area contributed by atoms with Crippen LogP contribution in [-0.4, -0.2) is 24.4 Å². The van der Waals surface area contributed by atoms with Gasteiger partial charge in [0, 0.05) is 11.6 Å². The van der Waals surface area contributed by atoms with Crippen LogP contribution in [0, 0.1) is 0 Å². The van der Waals surface area contributed by atoms with Gasteiger partial charge >= 0.3 is 0 Å². The summed E-state index contributed by atoms with van der Waals surface area (Å²) in [6.45, 7) is 0.954. The highest BCUT2D eigenvalue weighted by Crippen LogP contribution is 2.34. The molecule has 5 heteroatoms. The Balaban J connectivity index is 0.00000192. The summed E-state index contributed by atoms with van der Waals surface area (Å²) in [6.07, 6.45) is 0.825. The third-order valence-electron chi connectivity index (χ3n) is 4.13. The minimum absolute atomic E-state index is 0. The molecule has 3 rings (SSSR count). The number of hydrogen-bond donors (Lipinski definition) is 1. The number of halogens is 2. The Hall–Kier alpha value is -1.55. The standard InChI is InChI=1S/C18H19ClN2O.ClH/c1-20-11-18(22)21-12-15-9-16(19)8-7-14(15)10-17(21)13-5-3-2-4-6-13;/h2-9,17,20H,10-12H2,1H3;1H. The van der Waals surface area contributed by atoms with Crippen LogP contribution in [0.5, 0.6) is 0 Å². The summed E-state index contributed by atoms with van der Waals surface area (Å²) >= 11 is 6.10. The van der Waals surface area contributed by atoms with E-state index < -0.39 is 0 Å². The van der Waals surface area contributed by atoms with Crippen molar-refractivity contribution in [3.8, 4) is 0 Å². The number of nitrogens with zero attached hydrogens (tertiary/aromatic N) is 1. The van der Waals surface area contributed by atoms with Crippen molar-refractivity contribution in [2.24, 2.45) is 0 Å². The summed E-state index contributed by atoms with van der Waals surface area (Å²) in [7, 11) is 1.80. The second-order valence-corrected chi connectivity index (χ2v) is 6.03.